The zero-order chi connectivity index (χ0) is 17.1. The van der Waals surface area contributed by atoms with Crippen LogP contribution in [0.1, 0.15) is 34.0 Å². The van der Waals surface area contributed by atoms with Gasteiger partial charge in [0.1, 0.15) is 0 Å². The molecule has 0 bridgehead atoms. The molecule has 1 fully saturated rings. The molecule has 0 atom stereocenters. The van der Waals surface area contributed by atoms with E-state index >= 15 is 0 Å². The molecule has 9 heteroatoms. The number of hydrogen-bond donors (Lipinski definition) is 2. The number of halogens is 1. The van der Waals surface area contributed by atoms with Gasteiger partial charge in [0.05, 0.1) is 4.92 Å². The Morgan fingerprint density at radius 1 is 1.38 bits per heavy atom. The van der Waals surface area contributed by atoms with Crippen molar-refractivity contribution in [2.75, 3.05) is 18.4 Å². The number of nitro groups is 1. The molecule has 0 saturated carbocycles. The lowest BCUT2D eigenvalue weighted by atomic mass is 9.97. The van der Waals surface area contributed by atoms with E-state index < -0.39 is 10.8 Å². The zero-order valence-corrected chi connectivity index (χ0v) is 14.2. The number of thiazole rings is 1. The minimum absolute atomic E-state index is 0.132. The molecule has 2 N–H and O–H groups in total. The van der Waals surface area contributed by atoms with Crippen LogP contribution in [-0.2, 0) is 0 Å². The van der Waals surface area contributed by atoms with Crippen LogP contribution in [0, 0.1) is 10.1 Å². The Kier molecular flexibility index (Phi) is 5.08. The standard InChI is InChI=1S/C15H15ClN4O3S/c16-11-5-10(6-12(7-11)20(22)23)14(21)19-15-18-8-13(24-15)9-1-3-17-4-2-9/h5-9,17H,1-4H2,(H,18,19,21). The maximum absolute atomic E-state index is 12.3. The summed E-state index contributed by atoms with van der Waals surface area (Å²) in [6.07, 6.45) is 3.89. The fourth-order valence-electron chi connectivity index (χ4n) is 2.62. The molecule has 1 aliphatic rings. The van der Waals surface area contributed by atoms with Crippen molar-refractivity contribution < 1.29 is 9.72 Å². The molecule has 3 rings (SSSR count). The van der Waals surface area contributed by atoms with Crippen LogP contribution >= 0.6 is 22.9 Å². The van der Waals surface area contributed by atoms with E-state index in [0.717, 1.165) is 30.8 Å². The van der Waals surface area contributed by atoms with Crippen molar-refractivity contribution in [2.24, 2.45) is 0 Å². The number of carbonyl (C=O) groups is 1. The maximum atomic E-state index is 12.3. The van der Waals surface area contributed by atoms with Crippen LogP contribution in [0.5, 0.6) is 0 Å². The van der Waals surface area contributed by atoms with Crippen LogP contribution < -0.4 is 10.6 Å². The number of rotatable bonds is 4. The SMILES string of the molecule is O=C(Nc1ncc(C2CCNCC2)s1)c1cc(Cl)cc([N+](=O)[O-])c1. The average Bonchev–Trinajstić information content (AvgIpc) is 3.03. The van der Waals surface area contributed by atoms with Gasteiger partial charge < -0.3 is 5.32 Å². The Labute approximate surface area is 147 Å². The molecule has 2 aromatic rings. The topological polar surface area (TPSA) is 97.2 Å². The van der Waals surface area contributed by atoms with E-state index in [1.54, 1.807) is 6.20 Å². The molecule has 1 aromatic carbocycles. The van der Waals surface area contributed by atoms with Crippen LogP contribution in [0.15, 0.2) is 24.4 Å². The number of carbonyl (C=O) groups excluding carboxylic acids is 1. The van der Waals surface area contributed by atoms with Crippen LogP contribution in [0.4, 0.5) is 10.8 Å². The molecule has 0 aliphatic carbocycles. The number of benzene rings is 1. The van der Waals surface area contributed by atoms with E-state index in [1.807, 2.05) is 0 Å². The summed E-state index contributed by atoms with van der Waals surface area (Å²) in [7, 11) is 0. The van der Waals surface area contributed by atoms with Crippen molar-refractivity contribution in [2.45, 2.75) is 18.8 Å². The largest absolute Gasteiger partial charge is 0.317 e. The maximum Gasteiger partial charge on any atom is 0.271 e. The second-order valence-electron chi connectivity index (χ2n) is 5.50. The summed E-state index contributed by atoms with van der Waals surface area (Å²) in [5.41, 5.74) is -0.0880. The lowest BCUT2D eigenvalue weighted by Crippen LogP contribution is -2.26. The number of amides is 1. The van der Waals surface area contributed by atoms with Crippen LogP contribution in [0.2, 0.25) is 5.02 Å². The second-order valence-corrected chi connectivity index (χ2v) is 7.00. The molecule has 1 saturated heterocycles. The van der Waals surface area contributed by atoms with Crippen molar-refractivity contribution in [3.8, 4) is 0 Å². The highest BCUT2D eigenvalue weighted by molar-refractivity contribution is 7.15. The van der Waals surface area contributed by atoms with Gasteiger partial charge in [0.15, 0.2) is 5.13 Å². The highest BCUT2D eigenvalue weighted by Gasteiger charge is 2.19. The van der Waals surface area contributed by atoms with Gasteiger partial charge in [-0.1, -0.05) is 11.6 Å². The second kappa shape index (κ2) is 7.25. The molecule has 0 radical (unpaired) electrons. The van der Waals surface area contributed by atoms with Crippen molar-refractivity contribution in [3.63, 3.8) is 0 Å². The van der Waals surface area contributed by atoms with E-state index in [-0.39, 0.29) is 16.3 Å². The van der Waals surface area contributed by atoms with E-state index in [4.69, 9.17) is 11.6 Å². The zero-order valence-electron chi connectivity index (χ0n) is 12.6. The third-order valence-electron chi connectivity index (χ3n) is 3.84. The summed E-state index contributed by atoms with van der Waals surface area (Å²) in [4.78, 5) is 28.0. The average molecular weight is 367 g/mol. The lowest BCUT2D eigenvalue weighted by Gasteiger charge is -2.20. The number of piperidine rings is 1. The van der Waals surface area contributed by atoms with Crippen molar-refractivity contribution >= 4 is 39.7 Å². The number of nitro benzene ring substituents is 1. The van der Waals surface area contributed by atoms with Gasteiger partial charge in [0, 0.05) is 33.8 Å². The molecule has 1 aromatic heterocycles. The smallest absolute Gasteiger partial charge is 0.271 e. The van der Waals surface area contributed by atoms with Gasteiger partial charge in [-0.25, -0.2) is 4.98 Å². The minimum atomic E-state index is -0.582. The first-order valence-corrected chi connectivity index (χ1v) is 8.65. The number of nitrogens with one attached hydrogen (secondary N) is 2. The van der Waals surface area contributed by atoms with Gasteiger partial charge in [0.25, 0.3) is 11.6 Å². The fraction of sp³-hybridized carbons (Fsp3) is 0.333. The van der Waals surface area contributed by atoms with Gasteiger partial charge in [-0.2, -0.15) is 0 Å². The van der Waals surface area contributed by atoms with Gasteiger partial charge >= 0.3 is 0 Å². The molecular formula is C15H15ClN4O3S. The van der Waals surface area contributed by atoms with E-state index in [2.05, 4.69) is 15.6 Å². The van der Waals surface area contributed by atoms with Crippen molar-refractivity contribution in [1.29, 1.82) is 0 Å². The molecule has 0 unspecified atom stereocenters. The third kappa shape index (κ3) is 3.89. The van der Waals surface area contributed by atoms with Gasteiger partial charge in [-0.05, 0) is 37.9 Å². The molecule has 1 amide bonds. The fourth-order valence-corrected chi connectivity index (χ4v) is 3.83. The summed E-state index contributed by atoms with van der Waals surface area (Å²) in [5, 5.41) is 17.5. The molecular weight excluding hydrogens is 352 g/mol. The number of hydrogen-bond acceptors (Lipinski definition) is 6. The highest BCUT2D eigenvalue weighted by Crippen LogP contribution is 2.32. The molecule has 24 heavy (non-hydrogen) atoms. The summed E-state index contributed by atoms with van der Waals surface area (Å²) >= 11 is 7.28. The number of anilines is 1. The van der Waals surface area contributed by atoms with Crippen LogP contribution in [-0.4, -0.2) is 28.9 Å². The van der Waals surface area contributed by atoms with E-state index in [0.29, 0.717) is 11.0 Å². The van der Waals surface area contributed by atoms with Crippen molar-refractivity contribution in [1.82, 2.24) is 10.3 Å². The molecule has 126 valence electrons. The number of aromatic nitrogens is 1. The Hall–Kier alpha value is -2.03. The Morgan fingerprint density at radius 3 is 2.83 bits per heavy atom. The van der Waals surface area contributed by atoms with Crippen LogP contribution in [0.25, 0.3) is 0 Å². The lowest BCUT2D eigenvalue weighted by molar-refractivity contribution is -0.384. The van der Waals surface area contributed by atoms with Crippen LogP contribution in [0.3, 0.4) is 0 Å². The van der Waals surface area contributed by atoms with Gasteiger partial charge in [0.2, 0.25) is 0 Å². The molecule has 7 nitrogen and oxygen atoms in total. The first kappa shape index (κ1) is 16.8. The quantitative estimate of drug-likeness (QED) is 0.638. The number of non-ortho nitro benzene ring substituents is 1. The summed E-state index contributed by atoms with van der Waals surface area (Å²) < 4.78 is 0. The summed E-state index contributed by atoms with van der Waals surface area (Å²) in [6.45, 7) is 1.97. The van der Waals surface area contributed by atoms with Gasteiger partial charge in [-0.15, -0.1) is 11.3 Å². The Bertz CT molecular complexity index is 774. The Balaban J connectivity index is 1.73. The molecule has 1 aliphatic heterocycles. The first-order valence-electron chi connectivity index (χ1n) is 7.45. The molecule has 2 heterocycles. The minimum Gasteiger partial charge on any atom is -0.317 e. The molecule has 0 spiro atoms. The van der Waals surface area contributed by atoms with Gasteiger partial charge in [-0.3, -0.25) is 20.2 Å². The highest BCUT2D eigenvalue weighted by atomic mass is 35.5. The predicted molar refractivity (Wildman–Crippen MR) is 93.0 cm³/mol. The third-order valence-corrected chi connectivity index (χ3v) is 5.13. The van der Waals surface area contributed by atoms with E-state index in [9.17, 15) is 14.9 Å². The van der Waals surface area contributed by atoms with Crippen molar-refractivity contribution in [3.05, 3.63) is 50.0 Å². The monoisotopic (exact) mass is 366 g/mol. The predicted octanol–water partition coefficient (Wildman–Crippen LogP) is 3.42. The first-order chi connectivity index (χ1) is 11.5. The van der Waals surface area contributed by atoms with E-state index in [1.165, 1.54) is 29.5 Å². The summed E-state index contributed by atoms with van der Waals surface area (Å²) in [5.74, 6) is -0.00605. The normalized spacial score (nSPS) is 15.2. The number of nitrogens with zero attached hydrogens (tertiary/aromatic N) is 2. The Morgan fingerprint density at radius 2 is 2.12 bits per heavy atom. The summed E-state index contributed by atoms with van der Waals surface area (Å²) in [6, 6.07) is 3.80.